The Hall–Kier alpha value is -3.62. The Kier molecular flexibility index (Phi) is 11.8. The van der Waals surface area contributed by atoms with Crippen molar-refractivity contribution in [2.75, 3.05) is 40.0 Å². The predicted molar refractivity (Wildman–Crippen MR) is 121 cm³/mol. The van der Waals surface area contributed by atoms with Crippen LogP contribution in [0.2, 0.25) is 0 Å². The fourth-order valence-corrected chi connectivity index (χ4v) is 2.50. The minimum absolute atomic E-state index is 0.0656. The molecule has 0 aliphatic carbocycles. The Morgan fingerprint density at radius 1 is 0.636 bits per heavy atom. The second-order valence-electron chi connectivity index (χ2n) is 6.55. The van der Waals surface area contributed by atoms with Gasteiger partial charge in [0, 0.05) is 12.2 Å². The van der Waals surface area contributed by atoms with Gasteiger partial charge in [0.05, 0.1) is 13.2 Å². The Bertz CT molecular complexity index is 801. The van der Waals surface area contributed by atoms with E-state index in [0.717, 1.165) is 29.7 Å². The Labute approximate surface area is 193 Å². The lowest BCUT2D eigenvalue weighted by atomic mass is 10.0. The Balaban J connectivity index is 1.63. The molecular formula is C25H28O8. The molecule has 0 atom stereocenters. The molecule has 8 heteroatoms. The highest BCUT2D eigenvalue weighted by atomic mass is 16.7. The maximum Gasteiger partial charge on any atom is 0.330 e. The van der Waals surface area contributed by atoms with E-state index >= 15 is 0 Å². The first-order valence-corrected chi connectivity index (χ1v) is 10.3. The first-order valence-electron chi connectivity index (χ1n) is 10.3. The summed E-state index contributed by atoms with van der Waals surface area (Å²) in [4.78, 5) is 21.8. The van der Waals surface area contributed by atoms with Gasteiger partial charge in [-0.15, -0.1) is 0 Å². The van der Waals surface area contributed by atoms with Crippen LogP contribution in [0.5, 0.6) is 11.5 Å². The van der Waals surface area contributed by atoms with E-state index in [1.807, 2.05) is 48.5 Å². The van der Waals surface area contributed by atoms with Crippen molar-refractivity contribution >= 4 is 11.9 Å². The van der Waals surface area contributed by atoms with Crippen molar-refractivity contribution < 1.29 is 38.0 Å². The fourth-order valence-electron chi connectivity index (χ4n) is 2.50. The third-order valence-electron chi connectivity index (χ3n) is 4.15. The van der Waals surface area contributed by atoms with Crippen LogP contribution in [-0.4, -0.2) is 52.0 Å². The number of rotatable bonds is 16. The molecule has 0 aromatic heterocycles. The zero-order valence-corrected chi connectivity index (χ0v) is 18.4. The Morgan fingerprint density at radius 2 is 1.03 bits per heavy atom. The highest BCUT2D eigenvalue weighted by Crippen LogP contribution is 2.18. The van der Waals surface area contributed by atoms with E-state index in [1.54, 1.807) is 0 Å². The average Bonchev–Trinajstić information content (AvgIpc) is 2.85. The van der Waals surface area contributed by atoms with Crippen molar-refractivity contribution in [2.45, 2.75) is 6.42 Å². The molecule has 0 unspecified atom stereocenters. The lowest BCUT2D eigenvalue weighted by Gasteiger charge is -2.09. The van der Waals surface area contributed by atoms with Gasteiger partial charge in [-0.3, -0.25) is 0 Å². The van der Waals surface area contributed by atoms with E-state index in [9.17, 15) is 9.59 Å². The van der Waals surface area contributed by atoms with E-state index in [1.165, 1.54) is 0 Å². The van der Waals surface area contributed by atoms with Crippen molar-refractivity contribution in [1.29, 1.82) is 0 Å². The molecule has 0 amide bonds. The maximum absolute atomic E-state index is 10.9. The van der Waals surface area contributed by atoms with Gasteiger partial charge in [0.25, 0.3) is 0 Å². The van der Waals surface area contributed by atoms with Crippen molar-refractivity contribution in [3.8, 4) is 11.5 Å². The monoisotopic (exact) mass is 456 g/mol. The van der Waals surface area contributed by atoms with Crippen molar-refractivity contribution in [1.82, 2.24) is 0 Å². The third kappa shape index (κ3) is 11.0. The van der Waals surface area contributed by atoms with Gasteiger partial charge < -0.3 is 28.4 Å². The van der Waals surface area contributed by atoms with Gasteiger partial charge in [-0.1, -0.05) is 37.4 Å². The van der Waals surface area contributed by atoms with Crippen molar-refractivity contribution in [2.24, 2.45) is 0 Å². The molecule has 0 radical (unpaired) electrons. The highest BCUT2D eigenvalue weighted by molar-refractivity contribution is 5.81. The smallest absolute Gasteiger partial charge is 0.330 e. The molecule has 0 aliphatic rings. The molecule has 0 fully saturated rings. The number of benzene rings is 2. The first kappa shape index (κ1) is 25.6. The molecule has 2 aromatic rings. The summed E-state index contributed by atoms with van der Waals surface area (Å²) in [6.45, 7) is 7.55. The first-order chi connectivity index (χ1) is 16.1. The van der Waals surface area contributed by atoms with Crippen LogP contribution < -0.4 is 9.47 Å². The van der Waals surface area contributed by atoms with Crippen LogP contribution in [0.3, 0.4) is 0 Å². The van der Waals surface area contributed by atoms with Crippen LogP contribution in [0.15, 0.2) is 73.8 Å². The van der Waals surface area contributed by atoms with Crippen LogP contribution in [0.1, 0.15) is 11.1 Å². The SMILES string of the molecule is C=CC(=O)OCCOCOc1ccc(Cc2ccc(OCOCCOC(=O)C=C)cc2)cc1. The molecule has 33 heavy (non-hydrogen) atoms. The van der Waals surface area contributed by atoms with Crippen molar-refractivity contribution in [3.63, 3.8) is 0 Å². The number of hydrogen-bond acceptors (Lipinski definition) is 8. The summed E-state index contributed by atoms with van der Waals surface area (Å²) >= 11 is 0. The Morgan fingerprint density at radius 3 is 1.39 bits per heavy atom. The molecule has 0 heterocycles. The third-order valence-corrected chi connectivity index (χ3v) is 4.15. The van der Waals surface area contributed by atoms with Gasteiger partial charge in [0.15, 0.2) is 13.6 Å². The molecule has 8 nitrogen and oxygen atoms in total. The summed E-state index contributed by atoms with van der Waals surface area (Å²) < 4.78 is 31.1. The van der Waals surface area contributed by atoms with Crippen LogP contribution in [-0.2, 0) is 35.0 Å². The summed E-state index contributed by atoms with van der Waals surface area (Å²) in [6, 6.07) is 15.4. The standard InChI is InChI=1S/C25H28O8/c1-3-24(26)30-15-13-28-18-32-22-9-5-20(6-10-22)17-21-7-11-23(12-8-21)33-19-29-14-16-31-25(27)4-2/h3-12H,1-2,13-19H2. The molecule has 0 aliphatic heterocycles. The molecule has 2 aromatic carbocycles. The van der Waals surface area contributed by atoms with Crippen LogP contribution >= 0.6 is 0 Å². The minimum Gasteiger partial charge on any atom is -0.468 e. The molecule has 0 saturated carbocycles. The van der Waals surface area contributed by atoms with Crippen LogP contribution in [0.25, 0.3) is 0 Å². The summed E-state index contributed by atoms with van der Waals surface area (Å²) in [6.07, 6.45) is 2.97. The topological polar surface area (TPSA) is 89.5 Å². The second kappa shape index (κ2) is 15.2. The average molecular weight is 456 g/mol. The summed E-state index contributed by atoms with van der Waals surface area (Å²) in [7, 11) is 0. The van der Waals surface area contributed by atoms with Gasteiger partial charge in [0.1, 0.15) is 24.7 Å². The quantitative estimate of drug-likeness (QED) is 0.164. The molecule has 0 N–H and O–H groups in total. The molecular weight excluding hydrogens is 428 g/mol. The molecule has 2 rings (SSSR count). The normalized spacial score (nSPS) is 10.2. The fraction of sp³-hybridized carbons (Fsp3) is 0.280. The maximum atomic E-state index is 10.9. The minimum atomic E-state index is -0.480. The van der Waals surface area contributed by atoms with Crippen LogP contribution in [0, 0.1) is 0 Å². The molecule has 176 valence electrons. The molecule has 0 saturated heterocycles. The van der Waals surface area contributed by atoms with Gasteiger partial charge in [-0.25, -0.2) is 9.59 Å². The number of carbonyl (C=O) groups excluding carboxylic acids is 2. The van der Waals surface area contributed by atoms with Gasteiger partial charge in [0.2, 0.25) is 0 Å². The lowest BCUT2D eigenvalue weighted by Crippen LogP contribution is -2.11. The van der Waals surface area contributed by atoms with E-state index < -0.39 is 11.9 Å². The van der Waals surface area contributed by atoms with Crippen molar-refractivity contribution in [3.05, 3.63) is 85.0 Å². The highest BCUT2D eigenvalue weighted by Gasteiger charge is 2.01. The zero-order chi connectivity index (χ0) is 23.7. The molecule has 0 spiro atoms. The summed E-state index contributed by atoms with van der Waals surface area (Å²) in [5.41, 5.74) is 2.26. The zero-order valence-electron chi connectivity index (χ0n) is 18.4. The van der Waals surface area contributed by atoms with E-state index in [0.29, 0.717) is 11.5 Å². The largest absolute Gasteiger partial charge is 0.468 e. The lowest BCUT2D eigenvalue weighted by molar-refractivity contribution is -0.140. The van der Waals surface area contributed by atoms with E-state index in [4.69, 9.17) is 28.4 Å². The van der Waals surface area contributed by atoms with Crippen LogP contribution in [0.4, 0.5) is 0 Å². The summed E-state index contributed by atoms with van der Waals surface area (Å²) in [5.74, 6) is 0.411. The van der Waals surface area contributed by atoms with Gasteiger partial charge in [-0.05, 0) is 41.8 Å². The number of ether oxygens (including phenoxy) is 6. The second-order valence-corrected chi connectivity index (χ2v) is 6.55. The van der Waals surface area contributed by atoms with Gasteiger partial charge in [-0.2, -0.15) is 0 Å². The summed E-state index contributed by atoms with van der Waals surface area (Å²) in [5, 5.41) is 0. The number of hydrogen-bond donors (Lipinski definition) is 0. The number of carbonyl (C=O) groups is 2. The number of esters is 2. The van der Waals surface area contributed by atoms with E-state index in [-0.39, 0.29) is 40.0 Å². The molecule has 0 bridgehead atoms. The van der Waals surface area contributed by atoms with Gasteiger partial charge >= 0.3 is 11.9 Å². The predicted octanol–water partition coefficient (Wildman–Crippen LogP) is 3.44. The van der Waals surface area contributed by atoms with E-state index in [2.05, 4.69) is 13.2 Å².